The van der Waals surface area contributed by atoms with Crippen LogP contribution in [-0.2, 0) is 6.42 Å². The fourth-order valence-corrected chi connectivity index (χ4v) is 3.21. The third kappa shape index (κ3) is 1.62. The Morgan fingerprint density at radius 1 is 0.905 bits per heavy atom. The van der Waals surface area contributed by atoms with Gasteiger partial charge in [0.1, 0.15) is 23.0 Å². The Morgan fingerprint density at radius 2 is 1.43 bits per heavy atom. The Kier molecular flexibility index (Phi) is 2.80. The molecule has 3 rings (SSSR count). The zero-order chi connectivity index (χ0) is 15.5. The quantitative estimate of drug-likeness (QED) is 0.646. The van der Waals surface area contributed by atoms with E-state index in [1.165, 1.54) is 0 Å². The monoisotopic (exact) mass is 286 g/mol. The summed E-state index contributed by atoms with van der Waals surface area (Å²) in [7, 11) is 0. The van der Waals surface area contributed by atoms with Crippen LogP contribution in [0.1, 0.15) is 42.0 Å². The van der Waals surface area contributed by atoms with Gasteiger partial charge in [0.05, 0.1) is 0 Å². The Morgan fingerprint density at radius 3 is 2.00 bits per heavy atom. The minimum absolute atomic E-state index is 0.0125. The lowest BCUT2D eigenvalue weighted by Crippen LogP contribution is -1.92. The molecular formula is C17H18O4. The van der Waals surface area contributed by atoms with Crippen molar-refractivity contribution in [3.8, 4) is 34.1 Å². The van der Waals surface area contributed by atoms with Gasteiger partial charge in [-0.3, -0.25) is 0 Å². The smallest absolute Gasteiger partial charge is 0.130 e. The van der Waals surface area contributed by atoms with Crippen LogP contribution in [0, 0.1) is 6.92 Å². The molecule has 0 bridgehead atoms. The van der Waals surface area contributed by atoms with Crippen molar-refractivity contribution in [3.05, 3.63) is 34.4 Å². The molecule has 1 aliphatic carbocycles. The molecule has 0 aromatic heterocycles. The third-order valence-corrected chi connectivity index (χ3v) is 4.51. The largest absolute Gasteiger partial charge is 0.508 e. The lowest BCUT2D eigenvalue weighted by molar-refractivity contribution is 0.436. The van der Waals surface area contributed by atoms with Gasteiger partial charge in [0.25, 0.3) is 0 Å². The molecule has 0 aliphatic heterocycles. The van der Waals surface area contributed by atoms with Crippen LogP contribution in [-0.4, -0.2) is 20.4 Å². The number of rotatable bonds is 1. The number of phenols is 4. The maximum absolute atomic E-state index is 10.5. The molecule has 1 unspecified atom stereocenters. The van der Waals surface area contributed by atoms with E-state index in [-0.39, 0.29) is 28.9 Å². The molecule has 2 aromatic rings. The first kappa shape index (κ1) is 13.6. The number of phenolic OH excluding ortho intramolecular Hbond substituents is 4. The van der Waals surface area contributed by atoms with Gasteiger partial charge in [-0.1, -0.05) is 13.8 Å². The Hall–Kier alpha value is -2.36. The van der Waals surface area contributed by atoms with Crippen LogP contribution < -0.4 is 0 Å². The van der Waals surface area contributed by atoms with Crippen molar-refractivity contribution in [2.45, 2.75) is 33.1 Å². The van der Waals surface area contributed by atoms with Gasteiger partial charge in [-0.25, -0.2) is 0 Å². The summed E-state index contributed by atoms with van der Waals surface area (Å²) in [5, 5.41) is 40.9. The van der Waals surface area contributed by atoms with Gasteiger partial charge in [0.15, 0.2) is 0 Å². The standard InChI is InChI=1S/C17H18O4/c1-4-9-13(19)6-11-7(2)10-5-12(18)8(3)16(20)14(10)15(11)17(9)21/h5-7,18-21H,4H2,1-3H3. The van der Waals surface area contributed by atoms with Gasteiger partial charge in [0.2, 0.25) is 0 Å². The fourth-order valence-electron chi connectivity index (χ4n) is 3.21. The Bertz CT molecular complexity index is 762. The predicted molar refractivity (Wildman–Crippen MR) is 80.2 cm³/mol. The van der Waals surface area contributed by atoms with Gasteiger partial charge in [0, 0.05) is 28.2 Å². The molecule has 0 amide bonds. The summed E-state index contributed by atoms with van der Waals surface area (Å²) < 4.78 is 0. The van der Waals surface area contributed by atoms with Gasteiger partial charge < -0.3 is 20.4 Å². The van der Waals surface area contributed by atoms with E-state index >= 15 is 0 Å². The number of hydrogen-bond donors (Lipinski definition) is 4. The third-order valence-electron chi connectivity index (χ3n) is 4.51. The second-order valence-corrected chi connectivity index (χ2v) is 5.60. The maximum atomic E-state index is 10.5. The Labute approximate surface area is 122 Å². The van der Waals surface area contributed by atoms with Gasteiger partial charge in [-0.2, -0.15) is 0 Å². The molecular weight excluding hydrogens is 268 g/mol. The van der Waals surface area contributed by atoms with E-state index in [1.807, 2.05) is 13.8 Å². The van der Waals surface area contributed by atoms with Crippen LogP contribution >= 0.6 is 0 Å². The number of aromatic hydroxyl groups is 4. The zero-order valence-electron chi connectivity index (χ0n) is 12.2. The highest BCUT2D eigenvalue weighted by molar-refractivity contribution is 5.90. The second-order valence-electron chi connectivity index (χ2n) is 5.60. The minimum atomic E-state index is -0.116. The summed E-state index contributed by atoms with van der Waals surface area (Å²) in [6.07, 6.45) is 0.493. The molecule has 110 valence electrons. The first-order chi connectivity index (χ1) is 9.88. The Balaban J connectivity index is 2.44. The summed E-state index contributed by atoms with van der Waals surface area (Å²) in [5.74, 6) is -0.0218. The molecule has 0 saturated heterocycles. The van der Waals surface area contributed by atoms with E-state index in [0.717, 1.165) is 11.1 Å². The zero-order valence-corrected chi connectivity index (χ0v) is 12.2. The van der Waals surface area contributed by atoms with Crippen LogP contribution in [0.2, 0.25) is 0 Å². The summed E-state index contributed by atoms with van der Waals surface area (Å²) >= 11 is 0. The molecule has 0 heterocycles. The molecule has 0 saturated carbocycles. The summed E-state index contributed by atoms with van der Waals surface area (Å²) in [6.45, 7) is 5.40. The summed E-state index contributed by atoms with van der Waals surface area (Å²) in [4.78, 5) is 0. The number of benzene rings is 2. The summed E-state index contributed by atoms with van der Waals surface area (Å²) in [6, 6.07) is 3.27. The van der Waals surface area contributed by atoms with Gasteiger partial charge >= 0.3 is 0 Å². The molecule has 4 heteroatoms. The SMILES string of the molecule is CCc1c(O)cc2c(c1O)-c1c(cc(O)c(C)c1O)C2C. The lowest BCUT2D eigenvalue weighted by atomic mass is 9.96. The van der Waals surface area contributed by atoms with Crippen LogP contribution in [0.5, 0.6) is 23.0 Å². The van der Waals surface area contributed by atoms with Crippen molar-refractivity contribution in [1.82, 2.24) is 0 Å². The average molecular weight is 286 g/mol. The van der Waals surface area contributed by atoms with E-state index < -0.39 is 0 Å². The van der Waals surface area contributed by atoms with Crippen LogP contribution in [0.3, 0.4) is 0 Å². The fraction of sp³-hybridized carbons (Fsp3) is 0.294. The molecule has 0 fully saturated rings. The minimum Gasteiger partial charge on any atom is -0.508 e. The molecule has 1 aliphatic rings. The highest BCUT2D eigenvalue weighted by Crippen LogP contribution is 2.56. The van der Waals surface area contributed by atoms with Crippen molar-refractivity contribution in [2.24, 2.45) is 0 Å². The van der Waals surface area contributed by atoms with E-state index in [2.05, 4.69) is 0 Å². The second kappa shape index (κ2) is 4.32. The van der Waals surface area contributed by atoms with Crippen molar-refractivity contribution in [2.75, 3.05) is 0 Å². The highest BCUT2D eigenvalue weighted by Gasteiger charge is 2.34. The predicted octanol–water partition coefficient (Wildman–Crippen LogP) is 3.51. The molecule has 0 radical (unpaired) electrons. The van der Waals surface area contributed by atoms with E-state index in [4.69, 9.17) is 0 Å². The molecule has 4 nitrogen and oxygen atoms in total. The molecule has 21 heavy (non-hydrogen) atoms. The van der Waals surface area contributed by atoms with Crippen LogP contribution in [0.25, 0.3) is 11.1 Å². The first-order valence-corrected chi connectivity index (χ1v) is 7.01. The normalized spacial score (nSPS) is 15.9. The highest BCUT2D eigenvalue weighted by atomic mass is 16.3. The summed E-state index contributed by atoms with van der Waals surface area (Å²) in [5.41, 5.74) is 3.50. The average Bonchev–Trinajstić information content (AvgIpc) is 2.71. The van der Waals surface area contributed by atoms with Crippen molar-refractivity contribution in [3.63, 3.8) is 0 Å². The molecule has 1 atom stereocenters. The van der Waals surface area contributed by atoms with Gasteiger partial charge in [-0.15, -0.1) is 0 Å². The van der Waals surface area contributed by atoms with Crippen LogP contribution in [0.15, 0.2) is 12.1 Å². The number of fused-ring (bicyclic) bond motifs is 3. The first-order valence-electron chi connectivity index (χ1n) is 7.01. The number of hydrogen-bond acceptors (Lipinski definition) is 4. The van der Waals surface area contributed by atoms with Gasteiger partial charge in [-0.05, 0) is 36.6 Å². The molecule has 0 spiro atoms. The molecule has 4 N–H and O–H groups in total. The molecule has 2 aromatic carbocycles. The van der Waals surface area contributed by atoms with Crippen molar-refractivity contribution < 1.29 is 20.4 Å². The van der Waals surface area contributed by atoms with Crippen molar-refractivity contribution >= 4 is 0 Å². The van der Waals surface area contributed by atoms with Crippen LogP contribution in [0.4, 0.5) is 0 Å². The lowest BCUT2D eigenvalue weighted by Gasteiger charge is -2.13. The van der Waals surface area contributed by atoms with Crippen molar-refractivity contribution in [1.29, 1.82) is 0 Å². The topological polar surface area (TPSA) is 80.9 Å². The van der Waals surface area contributed by atoms with E-state index in [0.29, 0.717) is 28.7 Å². The van der Waals surface area contributed by atoms with E-state index in [9.17, 15) is 20.4 Å². The maximum Gasteiger partial charge on any atom is 0.130 e. The van der Waals surface area contributed by atoms with E-state index in [1.54, 1.807) is 19.1 Å².